The van der Waals surface area contributed by atoms with Crippen LogP contribution in [-0.4, -0.2) is 13.7 Å². The van der Waals surface area contributed by atoms with E-state index in [0.717, 1.165) is 18.8 Å². The molecule has 0 saturated carbocycles. The summed E-state index contributed by atoms with van der Waals surface area (Å²) in [5.41, 5.74) is 1.19. The molecule has 0 aliphatic rings. The summed E-state index contributed by atoms with van der Waals surface area (Å²) in [4.78, 5) is 0. The van der Waals surface area contributed by atoms with Crippen LogP contribution in [0.1, 0.15) is 27.2 Å². The van der Waals surface area contributed by atoms with Gasteiger partial charge in [0.1, 0.15) is 0 Å². The van der Waals surface area contributed by atoms with Crippen LogP contribution in [0.2, 0.25) is 0 Å². The molecule has 2 nitrogen and oxygen atoms in total. The number of methoxy groups -OCH3 is 1. The Hall–Kier alpha value is -0.660. The molecule has 0 atom stereocenters. The standard InChI is InChI=1S/C8H17NO/c1-5-6-9-8(10-4)7(2)3/h9H,5-6H2,1-4H3. The van der Waals surface area contributed by atoms with Crippen molar-refractivity contribution in [3.63, 3.8) is 0 Å². The lowest BCUT2D eigenvalue weighted by Crippen LogP contribution is -2.16. The zero-order valence-electron chi connectivity index (χ0n) is 7.32. The maximum atomic E-state index is 5.08. The SMILES string of the molecule is CCCNC(OC)=C(C)C. The molecule has 0 bridgehead atoms. The van der Waals surface area contributed by atoms with Crippen LogP contribution in [0.25, 0.3) is 0 Å². The summed E-state index contributed by atoms with van der Waals surface area (Å²) >= 11 is 0. The molecule has 0 rings (SSSR count). The number of nitrogens with one attached hydrogen (secondary N) is 1. The van der Waals surface area contributed by atoms with E-state index in [1.165, 1.54) is 5.57 Å². The molecule has 2 heteroatoms. The summed E-state index contributed by atoms with van der Waals surface area (Å²) < 4.78 is 5.08. The molecular weight excluding hydrogens is 126 g/mol. The third-order valence-electron chi connectivity index (χ3n) is 1.19. The maximum Gasteiger partial charge on any atom is 0.184 e. The van der Waals surface area contributed by atoms with E-state index in [1.54, 1.807) is 7.11 Å². The highest BCUT2D eigenvalue weighted by Crippen LogP contribution is 1.98. The van der Waals surface area contributed by atoms with Crippen LogP contribution in [0.3, 0.4) is 0 Å². The Morgan fingerprint density at radius 1 is 1.40 bits per heavy atom. The first-order chi connectivity index (χ1) is 4.72. The first kappa shape index (κ1) is 9.34. The number of hydrogen-bond acceptors (Lipinski definition) is 2. The Morgan fingerprint density at radius 2 is 2.00 bits per heavy atom. The zero-order chi connectivity index (χ0) is 7.98. The molecule has 0 aromatic rings. The lowest BCUT2D eigenvalue weighted by Gasteiger charge is -2.09. The van der Waals surface area contributed by atoms with E-state index in [9.17, 15) is 0 Å². The minimum atomic E-state index is 0.904. The van der Waals surface area contributed by atoms with Gasteiger partial charge in [-0.25, -0.2) is 0 Å². The van der Waals surface area contributed by atoms with Crippen molar-refractivity contribution in [2.24, 2.45) is 0 Å². The van der Waals surface area contributed by atoms with Crippen LogP contribution in [-0.2, 0) is 4.74 Å². The minimum Gasteiger partial charge on any atom is -0.483 e. The van der Waals surface area contributed by atoms with Gasteiger partial charge in [0.15, 0.2) is 5.88 Å². The van der Waals surface area contributed by atoms with Crippen molar-refractivity contribution < 1.29 is 4.74 Å². The normalized spacial score (nSPS) is 8.80. The summed E-state index contributed by atoms with van der Waals surface area (Å²) in [5.74, 6) is 0.904. The van der Waals surface area contributed by atoms with E-state index in [1.807, 2.05) is 13.8 Å². The number of rotatable bonds is 4. The van der Waals surface area contributed by atoms with Crippen molar-refractivity contribution >= 4 is 0 Å². The Balaban J connectivity index is 3.73. The number of hydrogen-bond donors (Lipinski definition) is 1. The van der Waals surface area contributed by atoms with E-state index < -0.39 is 0 Å². The van der Waals surface area contributed by atoms with Crippen LogP contribution in [0.5, 0.6) is 0 Å². The zero-order valence-corrected chi connectivity index (χ0v) is 7.32. The van der Waals surface area contributed by atoms with Crippen LogP contribution < -0.4 is 5.32 Å². The van der Waals surface area contributed by atoms with Gasteiger partial charge in [-0.2, -0.15) is 0 Å². The van der Waals surface area contributed by atoms with Gasteiger partial charge in [0.05, 0.1) is 7.11 Å². The first-order valence-corrected chi connectivity index (χ1v) is 3.67. The van der Waals surface area contributed by atoms with Gasteiger partial charge in [0, 0.05) is 6.54 Å². The van der Waals surface area contributed by atoms with Gasteiger partial charge in [0.25, 0.3) is 0 Å². The molecule has 0 fully saturated rings. The fourth-order valence-corrected chi connectivity index (χ4v) is 0.692. The van der Waals surface area contributed by atoms with Gasteiger partial charge in [-0.1, -0.05) is 6.92 Å². The molecule has 0 aliphatic heterocycles. The van der Waals surface area contributed by atoms with Crippen LogP contribution in [0.15, 0.2) is 11.5 Å². The van der Waals surface area contributed by atoms with Gasteiger partial charge >= 0.3 is 0 Å². The van der Waals surface area contributed by atoms with Crippen molar-refractivity contribution in [2.75, 3.05) is 13.7 Å². The van der Waals surface area contributed by atoms with Crippen LogP contribution >= 0.6 is 0 Å². The maximum absolute atomic E-state index is 5.08. The van der Waals surface area contributed by atoms with E-state index in [-0.39, 0.29) is 0 Å². The van der Waals surface area contributed by atoms with E-state index in [0.29, 0.717) is 0 Å². The Labute approximate surface area is 63.3 Å². The van der Waals surface area contributed by atoms with Gasteiger partial charge in [-0.05, 0) is 25.8 Å². The third-order valence-corrected chi connectivity index (χ3v) is 1.19. The summed E-state index contributed by atoms with van der Waals surface area (Å²) in [6, 6.07) is 0. The Bertz CT molecular complexity index is 114. The fraction of sp³-hybridized carbons (Fsp3) is 0.750. The van der Waals surface area contributed by atoms with Gasteiger partial charge < -0.3 is 10.1 Å². The second kappa shape index (κ2) is 5.15. The smallest absolute Gasteiger partial charge is 0.184 e. The fourth-order valence-electron chi connectivity index (χ4n) is 0.692. The van der Waals surface area contributed by atoms with Gasteiger partial charge in [-0.3, -0.25) is 0 Å². The van der Waals surface area contributed by atoms with E-state index in [2.05, 4.69) is 12.2 Å². The molecule has 0 spiro atoms. The summed E-state index contributed by atoms with van der Waals surface area (Å²) in [6.45, 7) is 7.17. The monoisotopic (exact) mass is 143 g/mol. The van der Waals surface area contributed by atoms with Crippen molar-refractivity contribution in [2.45, 2.75) is 27.2 Å². The highest BCUT2D eigenvalue weighted by atomic mass is 16.5. The average Bonchev–Trinajstić information content (AvgIpc) is 1.89. The third kappa shape index (κ3) is 3.38. The molecule has 0 unspecified atom stereocenters. The molecule has 0 aliphatic carbocycles. The van der Waals surface area contributed by atoms with E-state index >= 15 is 0 Å². The Kier molecular flexibility index (Phi) is 4.81. The Morgan fingerprint density at radius 3 is 2.30 bits per heavy atom. The molecule has 0 amide bonds. The molecule has 0 heterocycles. The second-order valence-corrected chi connectivity index (χ2v) is 2.46. The number of ether oxygens (including phenoxy) is 1. The lowest BCUT2D eigenvalue weighted by atomic mass is 10.3. The average molecular weight is 143 g/mol. The topological polar surface area (TPSA) is 21.3 Å². The minimum absolute atomic E-state index is 0.904. The molecular formula is C8H17NO. The molecule has 0 radical (unpaired) electrons. The van der Waals surface area contributed by atoms with Crippen LogP contribution in [0.4, 0.5) is 0 Å². The quantitative estimate of drug-likeness (QED) is 0.607. The highest BCUT2D eigenvalue weighted by molar-refractivity contribution is 4.99. The molecule has 1 N–H and O–H groups in total. The molecule has 60 valence electrons. The van der Waals surface area contributed by atoms with Crippen molar-refractivity contribution in [3.05, 3.63) is 11.5 Å². The molecule has 0 aromatic heterocycles. The predicted octanol–water partition coefficient (Wildman–Crippen LogP) is 1.88. The number of allylic oxidation sites excluding steroid dienone is 1. The van der Waals surface area contributed by atoms with Crippen molar-refractivity contribution in [1.29, 1.82) is 0 Å². The molecule has 10 heavy (non-hydrogen) atoms. The summed E-state index contributed by atoms with van der Waals surface area (Å²) in [6.07, 6.45) is 1.13. The highest BCUT2D eigenvalue weighted by Gasteiger charge is 1.94. The second-order valence-electron chi connectivity index (χ2n) is 2.46. The van der Waals surface area contributed by atoms with E-state index in [4.69, 9.17) is 4.74 Å². The van der Waals surface area contributed by atoms with Crippen molar-refractivity contribution in [1.82, 2.24) is 5.32 Å². The van der Waals surface area contributed by atoms with Crippen LogP contribution in [0, 0.1) is 0 Å². The summed E-state index contributed by atoms with van der Waals surface area (Å²) in [5, 5.41) is 3.18. The van der Waals surface area contributed by atoms with Gasteiger partial charge in [-0.15, -0.1) is 0 Å². The lowest BCUT2D eigenvalue weighted by molar-refractivity contribution is 0.256. The molecule has 0 aromatic carbocycles. The largest absolute Gasteiger partial charge is 0.483 e. The van der Waals surface area contributed by atoms with Crippen molar-refractivity contribution in [3.8, 4) is 0 Å². The van der Waals surface area contributed by atoms with Gasteiger partial charge in [0.2, 0.25) is 0 Å². The summed E-state index contributed by atoms with van der Waals surface area (Å²) in [7, 11) is 1.69. The first-order valence-electron chi connectivity index (χ1n) is 3.67. The predicted molar refractivity (Wildman–Crippen MR) is 43.7 cm³/mol. The molecule has 0 saturated heterocycles.